The SMILES string of the molecule is O=C(O)C(c1ccccc1)N1CCN2C(=O)CCC2C1. The second kappa shape index (κ2) is 5.25. The first-order valence-electron chi connectivity index (χ1n) is 6.98. The topological polar surface area (TPSA) is 60.9 Å². The maximum absolute atomic E-state index is 11.7. The summed E-state index contributed by atoms with van der Waals surface area (Å²) < 4.78 is 0. The third-order valence-corrected chi connectivity index (χ3v) is 4.24. The summed E-state index contributed by atoms with van der Waals surface area (Å²) in [4.78, 5) is 27.2. The van der Waals surface area contributed by atoms with Crippen molar-refractivity contribution in [2.45, 2.75) is 24.9 Å². The molecule has 0 spiro atoms. The highest BCUT2D eigenvalue weighted by molar-refractivity contribution is 5.79. The Labute approximate surface area is 117 Å². The zero-order valence-electron chi connectivity index (χ0n) is 11.2. The van der Waals surface area contributed by atoms with E-state index in [4.69, 9.17) is 0 Å². The smallest absolute Gasteiger partial charge is 0.325 e. The van der Waals surface area contributed by atoms with Crippen LogP contribution in [0.4, 0.5) is 0 Å². The number of benzene rings is 1. The molecule has 1 amide bonds. The minimum Gasteiger partial charge on any atom is -0.480 e. The number of amides is 1. The summed E-state index contributed by atoms with van der Waals surface area (Å²) >= 11 is 0. The van der Waals surface area contributed by atoms with E-state index in [0.717, 1.165) is 12.0 Å². The van der Waals surface area contributed by atoms with Crippen molar-refractivity contribution in [1.82, 2.24) is 9.80 Å². The Morgan fingerprint density at radius 2 is 2.00 bits per heavy atom. The van der Waals surface area contributed by atoms with Crippen LogP contribution in [0.15, 0.2) is 30.3 Å². The fraction of sp³-hybridized carbons (Fsp3) is 0.467. The Morgan fingerprint density at radius 3 is 2.70 bits per heavy atom. The molecule has 2 unspecified atom stereocenters. The van der Waals surface area contributed by atoms with Crippen LogP contribution in [0.3, 0.4) is 0 Å². The van der Waals surface area contributed by atoms with Crippen molar-refractivity contribution in [2.24, 2.45) is 0 Å². The molecule has 0 bridgehead atoms. The second-order valence-corrected chi connectivity index (χ2v) is 5.43. The number of hydrogen-bond donors (Lipinski definition) is 1. The van der Waals surface area contributed by atoms with E-state index in [2.05, 4.69) is 0 Å². The average molecular weight is 274 g/mol. The first kappa shape index (κ1) is 13.1. The highest BCUT2D eigenvalue weighted by atomic mass is 16.4. The van der Waals surface area contributed by atoms with Crippen molar-refractivity contribution in [1.29, 1.82) is 0 Å². The van der Waals surface area contributed by atoms with Gasteiger partial charge < -0.3 is 10.0 Å². The van der Waals surface area contributed by atoms with Gasteiger partial charge in [-0.3, -0.25) is 14.5 Å². The molecular formula is C15H18N2O3. The van der Waals surface area contributed by atoms with Gasteiger partial charge >= 0.3 is 5.97 Å². The van der Waals surface area contributed by atoms with E-state index in [1.54, 1.807) is 0 Å². The van der Waals surface area contributed by atoms with E-state index < -0.39 is 12.0 Å². The molecule has 3 rings (SSSR count). The zero-order chi connectivity index (χ0) is 14.1. The quantitative estimate of drug-likeness (QED) is 0.897. The average Bonchev–Trinajstić information content (AvgIpc) is 2.81. The van der Waals surface area contributed by atoms with E-state index in [1.165, 1.54) is 0 Å². The molecule has 0 aromatic heterocycles. The van der Waals surface area contributed by atoms with Crippen LogP contribution in [-0.4, -0.2) is 52.5 Å². The Morgan fingerprint density at radius 1 is 1.25 bits per heavy atom. The monoisotopic (exact) mass is 274 g/mol. The molecule has 0 saturated carbocycles. The van der Waals surface area contributed by atoms with Crippen LogP contribution in [0.2, 0.25) is 0 Å². The van der Waals surface area contributed by atoms with Crippen molar-refractivity contribution in [3.05, 3.63) is 35.9 Å². The number of hydrogen-bond acceptors (Lipinski definition) is 3. The van der Waals surface area contributed by atoms with Gasteiger partial charge in [0, 0.05) is 32.1 Å². The number of nitrogens with zero attached hydrogens (tertiary/aromatic N) is 2. The lowest BCUT2D eigenvalue weighted by Gasteiger charge is -2.40. The Balaban J connectivity index is 1.80. The number of rotatable bonds is 3. The second-order valence-electron chi connectivity index (χ2n) is 5.43. The van der Waals surface area contributed by atoms with Gasteiger partial charge in [-0.2, -0.15) is 0 Å². The van der Waals surface area contributed by atoms with Crippen LogP contribution in [-0.2, 0) is 9.59 Å². The number of fused-ring (bicyclic) bond motifs is 1. The molecule has 2 fully saturated rings. The van der Waals surface area contributed by atoms with Gasteiger partial charge in [-0.15, -0.1) is 0 Å². The maximum atomic E-state index is 11.7. The third-order valence-electron chi connectivity index (χ3n) is 4.24. The number of carbonyl (C=O) groups excluding carboxylic acids is 1. The molecule has 0 aliphatic carbocycles. The summed E-state index contributed by atoms with van der Waals surface area (Å²) in [6.07, 6.45) is 1.44. The van der Waals surface area contributed by atoms with Crippen molar-refractivity contribution < 1.29 is 14.7 Å². The first-order chi connectivity index (χ1) is 9.66. The molecule has 1 aromatic rings. The van der Waals surface area contributed by atoms with Crippen LogP contribution in [0.5, 0.6) is 0 Å². The van der Waals surface area contributed by atoms with Crippen molar-refractivity contribution in [3.63, 3.8) is 0 Å². The fourth-order valence-corrected chi connectivity index (χ4v) is 3.27. The van der Waals surface area contributed by atoms with E-state index in [9.17, 15) is 14.7 Å². The largest absolute Gasteiger partial charge is 0.480 e. The summed E-state index contributed by atoms with van der Waals surface area (Å²) in [6.45, 7) is 1.91. The standard InChI is InChI=1S/C15H18N2O3/c18-13-7-6-12-10-16(8-9-17(12)13)14(15(19)20)11-4-2-1-3-5-11/h1-5,12,14H,6-10H2,(H,19,20). The predicted molar refractivity (Wildman–Crippen MR) is 73.1 cm³/mol. The molecule has 5 heteroatoms. The van der Waals surface area contributed by atoms with Gasteiger partial charge in [-0.1, -0.05) is 30.3 Å². The molecule has 2 aliphatic rings. The molecule has 1 N–H and O–H groups in total. The Bertz CT molecular complexity index is 517. The van der Waals surface area contributed by atoms with Crippen LogP contribution in [0.1, 0.15) is 24.4 Å². The highest BCUT2D eigenvalue weighted by Crippen LogP contribution is 2.28. The van der Waals surface area contributed by atoms with E-state index >= 15 is 0 Å². The number of carboxylic acid groups (broad SMARTS) is 1. The van der Waals surface area contributed by atoms with Gasteiger partial charge in [0.15, 0.2) is 0 Å². The van der Waals surface area contributed by atoms with Crippen LogP contribution < -0.4 is 0 Å². The zero-order valence-corrected chi connectivity index (χ0v) is 11.2. The lowest BCUT2D eigenvalue weighted by molar-refractivity contribution is -0.145. The summed E-state index contributed by atoms with van der Waals surface area (Å²) in [6, 6.07) is 8.88. The summed E-state index contributed by atoms with van der Waals surface area (Å²) in [5, 5.41) is 9.55. The van der Waals surface area contributed by atoms with Gasteiger partial charge in [0.05, 0.1) is 0 Å². The third kappa shape index (κ3) is 2.29. The maximum Gasteiger partial charge on any atom is 0.325 e. The van der Waals surface area contributed by atoms with E-state index in [0.29, 0.717) is 26.1 Å². The lowest BCUT2D eigenvalue weighted by atomic mass is 10.0. The predicted octanol–water partition coefficient (Wildman–Crippen LogP) is 1.12. The normalized spacial score (nSPS) is 24.5. The Kier molecular flexibility index (Phi) is 3.44. The van der Waals surface area contributed by atoms with Gasteiger partial charge in [-0.25, -0.2) is 0 Å². The lowest BCUT2D eigenvalue weighted by Crippen LogP contribution is -2.53. The van der Waals surface area contributed by atoms with Crippen LogP contribution in [0.25, 0.3) is 0 Å². The van der Waals surface area contributed by atoms with Crippen LogP contribution >= 0.6 is 0 Å². The number of aliphatic carboxylic acids is 1. The summed E-state index contributed by atoms with van der Waals surface area (Å²) in [7, 11) is 0. The molecule has 2 aliphatic heterocycles. The van der Waals surface area contributed by atoms with Crippen molar-refractivity contribution >= 4 is 11.9 Å². The summed E-state index contributed by atoms with van der Waals surface area (Å²) in [5.74, 6) is -0.616. The Hall–Kier alpha value is -1.88. The van der Waals surface area contributed by atoms with Crippen LogP contribution in [0, 0.1) is 0 Å². The number of piperazine rings is 1. The molecule has 1 aromatic carbocycles. The molecule has 106 valence electrons. The molecule has 2 atom stereocenters. The number of carboxylic acids is 1. The van der Waals surface area contributed by atoms with Crippen molar-refractivity contribution in [3.8, 4) is 0 Å². The highest BCUT2D eigenvalue weighted by Gasteiger charge is 2.39. The minimum absolute atomic E-state index is 0.182. The first-order valence-corrected chi connectivity index (χ1v) is 6.98. The van der Waals surface area contributed by atoms with E-state index in [-0.39, 0.29) is 11.9 Å². The van der Waals surface area contributed by atoms with Gasteiger partial charge in [0.2, 0.25) is 5.91 Å². The molecule has 2 heterocycles. The van der Waals surface area contributed by atoms with Gasteiger partial charge in [-0.05, 0) is 12.0 Å². The molecule has 20 heavy (non-hydrogen) atoms. The molecule has 2 saturated heterocycles. The molecular weight excluding hydrogens is 256 g/mol. The molecule has 5 nitrogen and oxygen atoms in total. The molecule has 0 radical (unpaired) electrons. The number of carbonyl (C=O) groups is 2. The van der Waals surface area contributed by atoms with E-state index in [1.807, 2.05) is 40.1 Å². The summed E-state index contributed by atoms with van der Waals surface area (Å²) in [5.41, 5.74) is 0.803. The minimum atomic E-state index is -0.825. The van der Waals surface area contributed by atoms with Crippen molar-refractivity contribution in [2.75, 3.05) is 19.6 Å². The van der Waals surface area contributed by atoms with Gasteiger partial charge in [0.1, 0.15) is 6.04 Å². The fourth-order valence-electron chi connectivity index (χ4n) is 3.27. The van der Waals surface area contributed by atoms with Gasteiger partial charge in [0.25, 0.3) is 0 Å².